The predicted octanol–water partition coefficient (Wildman–Crippen LogP) is 4.88. The van der Waals surface area contributed by atoms with Crippen LogP contribution in [0.25, 0.3) is 10.9 Å². The summed E-state index contributed by atoms with van der Waals surface area (Å²) in [6.07, 6.45) is 1.07. The SMILES string of the molecule is C[C@@H]1Cc2c([nH]c3ccccc23)[C@@H](c2c(F)cc(NCCNCCCF)cc2F)N1CC1(F)COC1. The Morgan fingerprint density at radius 1 is 1.11 bits per heavy atom. The molecule has 5 nitrogen and oxygen atoms in total. The van der Waals surface area contributed by atoms with Gasteiger partial charge in [-0.25, -0.2) is 13.2 Å². The van der Waals surface area contributed by atoms with E-state index in [1.54, 1.807) is 0 Å². The van der Waals surface area contributed by atoms with Crippen molar-refractivity contribution < 1.29 is 22.3 Å². The molecular weight excluding hydrogens is 472 g/mol. The number of rotatable bonds is 10. The highest BCUT2D eigenvalue weighted by molar-refractivity contribution is 5.85. The number of halogens is 4. The molecule has 3 aromatic rings. The number of anilines is 1. The van der Waals surface area contributed by atoms with Crippen molar-refractivity contribution in [3.63, 3.8) is 0 Å². The Bertz CT molecular complexity index is 1190. The van der Waals surface area contributed by atoms with Crippen molar-refractivity contribution in [1.82, 2.24) is 15.2 Å². The first kappa shape index (κ1) is 25.0. The molecule has 0 bridgehead atoms. The van der Waals surface area contributed by atoms with Crippen molar-refractivity contribution in [2.45, 2.75) is 37.5 Å². The summed E-state index contributed by atoms with van der Waals surface area (Å²) in [7, 11) is 0. The van der Waals surface area contributed by atoms with Crippen molar-refractivity contribution in [2.24, 2.45) is 0 Å². The van der Waals surface area contributed by atoms with Gasteiger partial charge < -0.3 is 20.4 Å². The average Bonchev–Trinajstić information content (AvgIpc) is 3.19. The molecule has 3 heterocycles. The number of para-hydroxylation sites is 1. The molecule has 2 aliphatic heterocycles. The summed E-state index contributed by atoms with van der Waals surface area (Å²) in [5.41, 5.74) is 1.29. The smallest absolute Gasteiger partial charge is 0.169 e. The highest BCUT2D eigenvalue weighted by atomic mass is 19.1. The molecule has 3 N–H and O–H groups in total. The van der Waals surface area contributed by atoms with E-state index in [-0.39, 0.29) is 38.0 Å². The van der Waals surface area contributed by atoms with Crippen molar-refractivity contribution >= 4 is 16.6 Å². The first-order valence-electron chi connectivity index (χ1n) is 12.5. The average molecular weight is 505 g/mol. The molecule has 0 unspecified atom stereocenters. The minimum Gasteiger partial charge on any atom is -0.384 e. The maximum atomic E-state index is 15.7. The number of nitrogens with one attached hydrogen (secondary N) is 3. The largest absolute Gasteiger partial charge is 0.384 e. The van der Waals surface area contributed by atoms with Crippen molar-refractivity contribution in [3.8, 4) is 0 Å². The number of ether oxygens (including phenoxy) is 1. The molecule has 194 valence electrons. The number of aromatic amines is 1. The normalized spacial score (nSPS) is 21.4. The van der Waals surface area contributed by atoms with Crippen LogP contribution >= 0.6 is 0 Å². The Balaban J connectivity index is 1.48. The summed E-state index contributed by atoms with van der Waals surface area (Å²) >= 11 is 0. The third kappa shape index (κ3) is 4.84. The standard InChI is InChI=1S/C27H32F4N4O/c1-17-11-20-19-5-2-3-6-23(19)34-25(20)26(35(17)14-27(31)15-36-16-27)24-21(29)12-18(13-22(24)30)33-10-9-32-8-4-7-28/h2-3,5-6,12-13,17,26,32-34H,4,7-11,14-16H2,1H3/t17-,26-/m1/s1. The van der Waals surface area contributed by atoms with E-state index < -0.39 is 23.3 Å². The molecule has 2 atom stereocenters. The quantitative estimate of drug-likeness (QED) is 0.272. The fourth-order valence-corrected chi connectivity index (χ4v) is 5.37. The molecule has 1 aromatic heterocycles. The van der Waals surface area contributed by atoms with Crippen LogP contribution in [0, 0.1) is 11.6 Å². The van der Waals surface area contributed by atoms with Crippen LogP contribution in [-0.2, 0) is 11.2 Å². The van der Waals surface area contributed by atoms with Gasteiger partial charge in [0.1, 0.15) is 11.6 Å². The Hall–Kier alpha value is -2.62. The van der Waals surface area contributed by atoms with E-state index in [9.17, 15) is 4.39 Å². The Labute approximate surface area is 208 Å². The second kappa shape index (κ2) is 10.4. The van der Waals surface area contributed by atoms with E-state index in [2.05, 4.69) is 15.6 Å². The van der Waals surface area contributed by atoms with Gasteiger partial charge in [-0.15, -0.1) is 0 Å². The van der Waals surface area contributed by atoms with Gasteiger partial charge in [-0.1, -0.05) is 18.2 Å². The molecule has 36 heavy (non-hydrogen) atoms. The van der Waals surface area contributed by atoms with Crippen LogP contribution in [0.15, 0.2) is 36.4 Å². The second-order valence-electron chi connectivity index (χ2n) is 9.91. The number of fused-ring (bicyclic) bond motifs is 3. The number of H-pyrrole nitrogens is 1. The van der Waals surface area contributed by atoms with Crippen LogP contribution in [0.5, 0.6) is 0 Å². The lowest BCUT2D eigenvalue weighted by Crippen LogP contribution is -2.57. The molecule has 2 aliphatic rings. The molecule has 9 heteroatoms. The second-order valence-corrected chi connectivity index (χ2v) is 9.91. The van der Waals surface area contributed by atoms with Gasteiger partial charge in [0.15, 0.2) is 5.67 Å². The maximum Gasteiger partial charge on any atom is 0.169 e. The zero-order chi connectivity index (χ0) is 25.3. The minimum atomic E-state index is -1.54. The molecule has 0 saturated carbocycles. The molecule has 5 rings (SSSR count). The molecule has 2 aromatic carbocycles. The summed E-state index contributed by atoms with van der Waals surface area (Å²) in [5.74, 6) is -1.37. The van der Waals surface area contributed by atoms with Gasteiger partial charge in [-0.2, -0.15) is 0 Å². The zero-order valence-corrected chi connectivity index (χ0v) is 20.4. The van der Waals surface area contributed by atoms with E-state index >= 15 is 13.2 Å². The number of hydrogen-bond acceptors (Lipinski definition) is 4. The van der Waals surface area contributed by atoms with Gasteiger partial charge in [0.05, 0.1) is 25.9 Å². The number of hydrogen-bond donors (Lipinski definition) is 3. The molecule has 0 aliphatic carbocycles. The van der Waals surface area contributed by atoms with Crippen LogP contribution < -0.4 is 10.6 Å². The van der Waals surface area contributed by atoms with Crippen LogP contribution in [0.4, 0.5) is 23.2 Å². The number of nitrogens with zero attached hydrogens (tertiary/aromatic N) is 1. The van der Waals surface area contributed by atoms with Gasteiger partial charge >= 0.3 is 0 Å². The van der Waals surface area contributed by atoms with Crippen LogP contribution in [0.3, 0.4) is 0 Å². The fourth-order valence-electron chi connectivity index (χ4n) is 5.37. The van der Waals surface area contributed by atoms with Crippen LogP contribution in [0.1, 0.15) is 36.2 Å². The highest BCUT2D eigenvalue weighted by Crippen LogP contribution is 2.44. The van der Waals surface area contributed by atoms with Crippen molar-refractivity contribution in [3.05, 3.63) is 64.9 Å². The monoisotopic (exact) mass is 504 g/mol. The molecule has 1 fully saturated rings. The first-order valence-corrected chi connectivity index (χ1v) is 12.5. The van der Waals surface area contributed by atoms with E-state index in [0.717, 1.165) is 16.5 Å². The third-order valence-corrected chi connectivity index (χ3v) is 7.18. The maximum absolute atomic E-state index is 15.7. The molecule has 0 amide bonds. The third-order valence-electron chi connectivity index (χ3n) is 7.18. The topological polar surface area (TPSA) is 52.3 Å². The summed E-state index contributed by atoms with van der Waals surface area (Å²) in [4.78, 5) is 5.25. The summed E-state index contributed by atoms with van der Waals surface area (Å²) in [6, 6.07) is 9.44. The van der Waals surface area contributed by atoms with E-state index in [1.165, 1.54) is 12.1 Å². The lowest BCUT2D eigenvalue weighted by Gasteiger charge is -2.46. The van der Waals surface area contributed by atoms with E-state index in [0.29, 0.717) is 43.9 Å². The minimum absolute atomic E-state index is 0.0182. The number of alkyl halides is 2. The number of benzene rings is 2. The van der Waals surface area contributed by atoms with Gasteiger partial charge in [0, 0.05) is 53.5 Å². The molecule has 0 radical (unpaired) electrons. The highest BCUT2D eigenvalue weighted by Gasteiger charge is 2.46. The Kier molecular flexibility index (Phi) is 7.23. The van der Waals surface area contributed by atoms with Crippen molar-refractivity contribution in [1.29, 1.82) is 0 Å². The summed E-state index contributed by atoms with van der Waals surface area (Å²) in [5, 5.41) is 7.10. The van der Waals surface area contributed by atoms with E-state index in [1.807, 2.05) is 36.1 Å². The molecular formula is C27H32F4N4O. The lowest BCUT2D eigenvalue weighted by molar-refractivity contribution is -0.148. The fraction of sp³-hybridized carbons (Fsp3) is 0.481. The Morgan fingerprint density at radius 2 is 1.86 bits per heavy atom. The lowest BCUT2D eigenvalue weighted by atomic mass is 9.86. The van der Waals surface area contributed by atoms with Gasteiger partial charge in [-0.3, -0.25) is 9.29 Å². The van der Waals surface area contributed by atoms with E-state index in [4.69, 9.17) is 4.74 Å². The summed E-state index contributed by atoms with van der Waals surface area (Å²) in [6.45, 7) is 3.10. The van der Waals surface area contributed by atoms with Gasteiger partial charge in [0.2, 0.25) is 0 Å². The van der Waals surface area contributed by atoms with Crippen molar-refractivity contribution in [2.75, 3.05) is 51.4 Å². The summed E-state index contributed by atoms with van der Waals surface area (Å²) < 4.78 is 63.9. The predicted molar refractivity (Wildman–Crippen MR) is 133 cm³/mol. The van der Waals surface area contributed by atoms with Crippen LogP contribution in [0.2, 0.25) is 0 Å². The zero-order valence-electron chi connectivity index (χ0n) is 20.4. The van der Waals surface area contributed by atoms with Crippen LogP contribution in [-0.4, -0.2) is 67.7 Å². The number of aromatic nitrogens is 1. The van der Waals surface area contributed by atoms with Gasteiger partial charge in [-0.05, 0) is 50.1 Å². The Morgan fingerprint density at radius 3 is 2.56 bits per heavy atom. The first-order chi connectivity index (χ1) is 17.4. The molecule has 1 saturated heterocycles. The molecule has 0 spiro atoms. The van der Waals surface area contributed by atoms with Gasteiger partial charge in [0.25, 0.3) is 0 Å².